The number of aromatic nitrogens is 3. The van der Waals surface area contributed by atoms with Gasteiger partial charge in [0.15, 0.2) is 0 Å². The maximum atomic E-state index is 13.3. The first kappa shape index (κ1) is 25.9. The van der Waals surface area contributed by atoms with Crippen molar-refractivity contribution in [1.82, 2.24) is 14.5 Å². The predicted octanol–water partition coefficient (Wildman–Crippen LogP) is 17.0. The molecule has 0 saturated heterocycles. The second kappa shape index (κ2) is 18.4. The van der Waals surface area contributed by atoms with Crippen molar-refractivity contribution in [2.45, 2.75) is 131 Å². The Hall–Kier alpha value is -5.57. The summed E-state index contributed by atoms with van der Waals surface area (Å²) in [5.41, 5.74) is -13.7. The van der Waals surface area contributed by atoms with Gasteiger partial charge in [-0.2, -0.15) is 0 Å². The summed E-state index contributed by atoms with van der Waals surface area (Å²) in [4.78, 5) is 9.75. The van der Waals surface area contributed by atoms with Gasteiger partial charge in [-0.1, -0.05) is 199 Å². The summed E-state index contributed by atoms with van der Waals surface area (Å²) in [6.07, 6.45) is -0.111. The molecule has 0 saturated carbocycles. The fourth-order valence-electron chi connectivity index (χ4n) is 7.88. The molecule has 4 nitrogen and oxygen atoms in total. The Bertz CT molecular complexity index is 4120. The fraction of sp³-hybridized carbons (Fsp3) is 0.333. The number of rotatable bonds is 7. The summed E-state index contributed by atoms with van der Waals surface area (Å²) in [5.74, 6) is -2.80. The SMILES string of the molecule is [2H]c1c([2H])c([2H])c(-c2cc(C(C)(C)C)ccc2-n2c(-c3c([2H])c(C(C([2H])([2H])[2H])(C([2H])([2H])[2H])C([2H])([2H])[2H])c([2H])c(C(C([2H])([2H])[2H])(C([2H])([2H])[2H])C([2H])([2H])[2H])c3O)nc3c(-c4[c-]c(-c5cc(-c6ccc(C([2H])([2H])C(C)(C)C)cc6)ccn5)cc(C(C)(C)C)c4)cccc32)c([2H])c1[2H].[Pt]. The number of fused-ring (bicyclic) bond motifs is 1. The second-order valence-corrected chi connectivity index (χ2v) is 20.0. The Balaban J connectivity index is 0.0000128. The minimum atomic E-state index is -4.57. The van der Waals surface area contributed by atoms with E-state index in [0.29, 0.717) is 33.5 Å². The Morgan fingerprint density at radius 3 is 1.96 bits per heavy atom. The molecule has 0 atom stereocenters. The third-order valence-corrected chi connectivity index (χ3v) is 11.3. The van der Waals surface area contributed by atoms with Gasteiger partial charge in [0, 0.05) is 71.5 Å². The molecule has 0 spiro atoms. The van der Waals surface area contributed by atoms with Crippen molar-refractivity contribution in [2.24, 2.45) is 5.41 Å². The van der Waals surface area contributed by atoms with Crippen LogP contribution < -0.4 is 0 Å². The number of phenolic OH excluding ortho intramolecular Hbond substituents is 1. The van der Waals surface area contributed by atoms with Gasteiger partial charge >= 0.3 is 0 Å². The van der Waals surface area contributed by atoms with Crippen molar-refractivity contribution < 1.29 is 63.2 Å². The zero-order valence-corrected chi connectivity index (χ0v) is 41.5. The van der Waals surface area contributed by atoms with E-state index in [-0.39, 0.29) is 54.5 Å². The quantitative estimate of drug-likeness (QED) is 0.162. The summed E-state index contributed by atoms with van der Waals surface area (Å²) in [7, 11) is 0. The fourth-order valence-corrected chi connectivity index (χ4v) is 7.88. The summed E-state index contributed by atoms with van der Waals surface area (Å²) in [6.45, 7) is -10.1. The number of benzene rings is 6. The zero-order valence-electron chi connectivity index (χ0n) is 66.3. The molecule has 2 aromatic heterocycles. The Morgan fingerprint density at radius 2 is 1.31 bits per heavy atom. The Labute approximate surface area is 459 Å². The standard InChI is InChI=1S/C63H70N3O.Pt/c1-59(2,3)39-40-24-26-41(27-25-40)43-30-31-64-53(35-43)45-32-44(33-47(34-45)61(7,8)9)49-22-19-23-55-56(49)65-58(51-37-48(62(10,11)12)38-52(57(51)67)63(13,14)15)66(55)54-29-28-46(60(4,5)6)36-50(54)42-20-17-16-18-21-42;/h16-31,33-38,67H,39H2,1-15H3;/q-1;/i10D3,11D3,12D3,13D3,14D3,15D3,16D,17D,18D,20D,21D,37D,38D,39D2;. The molecule has 0 aliphatic carbocycles. The van der Waals surface area contributed by atoms with Crippen LogP contribution >= 0.6 is 0 Å². The van der Waals surface area contributed by atoms with Gasteiger partial charge in [-0.3, -0.25) is 9.55 Å². The molecule has 5 heteroatoms. The summed E-state index contributed by atoms with van der Waals surface area (Å²) < 4.78 is 243. The van der Waals surface area contributed by atoms with Crippen molar-refractivity contribution in [3.8, 4) is 67.5 Å². The van der Waals surface area contributed by atoms with Crippen molar-refractivity contribution in [2.75, 3.05) is 0 Å². The molecule has 8 aromatic rings. The van der Waals surface area contributed by atoms with Crippen molar-refractivity contribution in [3.63, 3.8) is 0 Å². The summed E-state index contributed by atoms with van der Waals surface area (Å²) in [6, 6.07) is 18.8. The molecular formula is C63H70N3OPt-. The smallest absolute Gasteiger partial charge is 0.148 e. The number of pyridine rings is 1. The molecule has 8 rings (SSSR count). The van der Waals surface area contributed by atoms with E-state index in [1.807, 2.05) is 26.8 Å². The summed E-state index contributed by atoms with van der Waals surface area (Å²) in [5, 5.41) is 13.3. The van der Waals surface area contributed by atoms with Crippen LogP contribution in [0.3, 0.4) is 0 Å². The third kappa shape index (κ3) is 10.5. The van der Waals surface area contributed by atoms with E-state index in [0.717, 1.165) is 10.1 Å². The minimum Gasteiger partial charge on any atom is -0.507 e. The Morgan fingerprint density at radius 1 is 0.632 bits per heavy atom. The Kier molecular flexibility index (Phi) is 7.00. The topological polar surface area (TPSA) is 50.9 Å². The molecule has 354 valence electrons. The van der Waals surface area contributed by atoms with E-state index < -0.39 is 151 Å². The second-order valence-electron chi connectivity index (χ2n) is 20.0. The normalized spacial score (nSPS) is 19.8. The largest absolute Gasteiger partial charge is 0.507 e. The summed E-state index contributed by atoms with van der Waals surface area (Å²) >= 11 is 0. The van der Waals surface area contributed by atoms with Gasteiger partial charge in [0.25, 0.3) is 0 Å². The molecule has 0 fully saturated rings. The van der Waals surface area contributed by atoms with Gasteiger partial charge in [0.2, 0.25) is 0 Å². The van der Waals surface area contributed by atoms with Crippen LogP contribution in [0.1, 0.15) is 168 Å². The number of para-hydroxylation sites is 1. The third-order valence-electron chi connectivity index (χ3n) is 11.3. The molecular weight excluding hydrogens is 1010 g/mol. The van der Waals surface area contributed by atoms with E-state index in [2.05, 4.69) is 6.07 Å². The number of hydrogen-bond donors (Lipinski definition) is 1. The van der Waals surface area contributed by atoms with Gasteiger partial charge in [0.05, 0.1) is 31.9 Å². The number of nitrogens with zero attached hydrogens (tertiary/aromatic N) is 3. The van der Waals surface area contributed by atoms with Crippen LogP contribution in [0.25, 0.3) is 72.7 Å². The molecule has 0 radical (unpaired) electrons. The van der Waals surface area contributed by atoms with Gasteiger partial charge in [-0.15, -0.1) is 29.3 Å². The first-order valence-corrected chi connectivity index (χ1v) is 21.7. The van der Waals surface area contributed by atoms with Crippen LogP contribution in [0.15, 0.2) is 133 Å². The zero-order chi connectivity index (χ0) is 71.3. The van der Waals surface area contributed by atoms with Crippen LogP contribution in [0.5, 0.6) is 5.75 Å². The van der Waals surface area contributed by atoms with Gasteiger partial charge in [0.1, 0.15) is 11.6 Å². The minimum absolute atomic E-state index is 0. The number of hydrogen-bond acceptors (Lipinski definition) is 3. The van der Waals surface area contributed by atoms with Crippen LogP contribution in [0, 0.1) is 11.5 Å². The molecule has 1 N–H and O–H groups in total. The van der Waals surface area contributed by atoms with Crippen LogP contribution in [0.4, 0.5) is 0 Å². The van der Waals surface area contributed by atoms with E-state index in [9.17, 15) is 10.6 Å². The number of phenols is 1. The van der Waals surface area contributed by atoms with Crippen molar-refractivity contribution >= 4 is 11.0 Å². The average molecular weight is 1110 g/mol. The molecule has 2 heterocycles. The van der Waals surface area contributed by atoms with Crippen LogP contribution in [0.2, 0.25) is 0 Å². The van der Waals surface area contributed by atoms with Crippen molar-refractivity contribution in [3.05, 3.63) is 167 Å². The molecule has 0 aliphatic rings. The molecule has 6 aromatic carbocycles. The molecule has 0 bridgehead atoms. The van der Waals surface area contributed by atoms with E-state index >= 15 is 0 Å². The van der Waals surface area contributed by atoms with E-state index in [1.54, 1.807) is 102 Å². The monoisotopic (exact) mass is 1110 g/mol. The number of imidazole rings is 1. The van der Waals surface area contributed by atoms with Gasteiger partial charge in [-0.05, 0) is 97.1 Å². The van der Waals surface area contributed by atoms with Gasteiger partial charge in [-0.25, -0.2) is 4.98 Å². The maximum Gasteiger partial charge on any atom is 0.148 e. The van der Waals surface area contributed by atoms with Crippen molar-refractivity contribution in [1.29, 1.82) is 0 Å². The van der Waals surface area contributed by atoms with E-state index in [1.165, 1.54) is 24.3 Å². The molecule has 0 unspecified atom stereocenters. The number of aromatic hydroxyl groups is 1. The first-order chi connectivity index (χ1) is 42.5. The van der Waals surface area contributed by atoms with Crippen LogP contribution in [-0.4, -0.2) is 19.6 Å². The molecule has 68 heavy (non-hydrogen) atoms. The van der Waals surface area contributed by atoms with E-state index in [4.69, 9.17) is 41.5 Å². The first-order valence-electron chi connectivity index (χ1n) is 35.2. The predicted molar refractivity (Wildman–Crippen MR) is 285 cm³/mol. The molecule has 0 amide bonds. The van der Waals surface area contributed by atoms with Gasteiger partial charge < -0.3 is 5.11 Å². The maximum absolute atomic E-state index is 13.3. The molecule has 0 aliphatic heterocycles. The average Bonchev–Trinajstić information content (AvgIpc) is 1.24. The van der Waals surface area contributed by atoms with Crippen LogP contribution in [-0.2, 0) is 49.1 Å².